The van der Waals surface area contributed by atoms with Crippen LogP contribution in [0.15, 0.2) is 42.9 Å². The van der Waals surface area contributed by atoms with Crippen LogP contribution in [0.5, 0.6) is 0 Å². The zero-order valence-electron chi connectivity index (χ0n) is 13.9. The second-order valence-electron chi connectivity index (χ2n) is 6.37. The fourth-order valence-electron chi connectivity index (χ4n) is 3.16. The second kappa shape index (κ2) is 7.45. The third kappa shape index (κ3) is 3.92. The summed E-state index contributed by atoms with van der Waals surface area (Å²) in [5, 5.41) is 10.5. The van der Waals surface area contributed by atoms with Gasteiger partial charge in [-0.25, -0.2) is 4.98 Å². The number of benzene rings is 1. The number of nitrogens with one attached hydrogen (secondary N) is 1. The molecule has 0 radical (unpaired) electrons. The predicted molar refractivity (Wildman–Crippen MR) is 93.2 cm³/mol. The van der Waals surface area contributed by atoms with Crippen molar-refractivity contribution in [3.63, 3.8) is 0 Å². The maximum Gasteiger partial charge on any atom is 0.246 e. The summed E-state index contributed by atoms with van der Waals surface area (Å²) in [5.74, 6) is 0.129. The number of aromatic nitrogens is 2. The van der Waals surface area contributed by atoms with Gasteiger partial charge in [0.1, 0.15) is 0 Å². The van der Waals surface area contributed by atoms with Crippen molar-refractivity contribution in [3.8, 4) is 0 Å². The number of aryl methyl sites for hydroxylation is 1. The van der Waals surface area contributed by atoms with Crippen molar-refractivity contribution in [2.24, 2.45) is 5.92 Å². The Bertz CT molecular complexity index is 709. The third-order valence-corrected chi connectivity index (χ3v) is 4.70. The molecule has 0 bridgehead atoms. The molecule has 3 rings (SSSR count). The molecule has 2 aromatic rings. The average Bonchev–Trinajstić information content (AvgIpc) is 3.10. The van der Waals surface area contributed by atoms with Crippen LogP contribution in [-0.4, -0.2) is 45.1 Å². The predicted octanol–water partition coefficient (Wildman–Crippen LogP) is 2.18. The summed E-state index contributed by atoms with van der Waals surface area (Å²) in [7, 11) is 0. The molecule has 0 unspecified atom stereocenters. The van der Waals surface area contributed by atoms with Gasteiger partial charge in [-0.3, -0.25) is 4.79 Å². The summed E-state index contributed by atoms with van der Waals surface area (Å²) >= 11 is 0. The lowest BCUT2D eigenvalue weighted by atomic mass is 9.86. The van der Waals surface area contributed by atoms with Gasteiger partial charge in [0.2, 0.25) is 5.91 Å². The molecule has 2 atom stereocenters. The maximum absolute atomic E-state index is 12.3. The smallest absolute Gasteiger partial charge is 0.246 e. The molecule has 1 amide bonds. The standard InChI is InChI=1S/C19H23N3O2/c1-14-4-2-3-5-15(14)10-16-8-9-22(12-18(16)23)19(24)7-6-17-11-20-13-21-17/h2-7,11,13,16,18,23H,8-10,12H2,1H3,(H,20,21)/b7-6+/t16-,18-/m1/s1. The second-order valence-corrected chi connectivity index (χ2v) is 6.37. The molecule has 0 saturated carbocycles. The lowest BCUT2D eigenvalue weighted by molar-refractivity contribution is -0.130. The number of carbonyl (C=O) groups is 1. The fourth-order valence-corrected chi connectivity index (χ4v) is 3.16. The minimum absolute atomic E-state index is 0.0713. The number of rotatable bonds is 4. The molecule has 0 aliphatic carbocycles. The Kier molecular flexibility index (Phi) is 5.11. The van der Waals surface area contributed by atoms with Crippen LogP contribution in [0, 0.1) is 12.8 Å². The number of piperidine rings is 1. The summed E-state index contributed by atoms with van der Waals surface area (Å²) in [6, 6.07) is 8.28. The van der Waals surface area contributed by atoms with Gasteiger partial charge < -0.3 is 15.0 Å². The number of hydrogen-bond donors (Lipinski definition) is 2. The van der Waals surface area contributed by atoms with Crippen molar-refractivity contribution in [1.29, 1.82) is 0 Å². The number of carbonyl (C=O) groups excluding carboxylic acids is 1. The minimum atomic E-state index is -0.483. The first-order chi connectivity index (χ1) is 11.6. The Morgan fingerprint density at radius 1 is 1.46 bits per heavy atom. The monoisotopic (exact) mass is 325 g/mol. The lowest BCUT2D eigenvalue weighted by Crippen LogP contribution is -2.46. The van der Waals surface area contributed by atoms with Crippen molar-refractivity contribution in [2.45, 2.75) is 25.9 Å². The first-order valence-corrected chi connectivity index (χ1v) is 8.31. The summed E-state index contributed by atoms with van der Waals surface area (Å²) < 4.78 is 0. The number of β-amino-alcohol motifs (C(OH)–C–C–N with tert-alkyl or cyclic N) is 1. The topological polar surface area (TPSA) is 69.2 Å². The van der Waals surface area contributed by atoms with Crippen LogP contribution in [0.4, 0.5) is 0 Å². The van der Waals surface area contributed by atoms with Crippen molar-refractivity contribution < 1.29 is 9.90 Å². The number of aromatic amines is 1. The largest absolute Gasteiger partial charge is 0.391 e. The van der Waals surface area contributed by atoms with E-state index in [1.54, 1.807) is 23.5 Å². The van der Waals surface area contributed by atoms with Gasteiger partial charge in [-0.1, -0.05) is 24.3 Å². The number of H-pyrrole nitrogens is 1. The maximum atomic E-state index is 12.3. The fraction of sp³-hybridized carbons (Fsp3) is 0.368. The molecule has 2 heterocycles. The number of aliphatic hydroxyl groups excluding tert-OH is 1. The van der Waals surface area contributed by atoms with E-state index in [0.717, 1.165) is 18.5 Å². The van der Waals surface area contributed by atoms with E-state index in [1.807, 2.05) is 12.1 Å². The average molecular weight is 325 g/mol. The Hall–Kier alpha value is -2.40. The molecule has 1 saturated heterocycles. The highest BCUT2D eigenvalue weighted by atomic mass is 16.3. The number of hydrogen-bond acceptors (Lipinski definition) is 3. The number of aliphatic hydroxyl groups is 1. The van der Waals surface area contributed by atoms with Gasteiger partial charge in [-0.2, -0.15) is 0 Å². The zero-order valence-corrected chi connectivity index (χ0v) is 13.9. The van der Waals surface area contributed by atoms with Crippen LogP contribution in [0.25, 0.3) is 6.08 Å². The van der Waals surface area contributed by atoms with Gasteiger partial charge in [-0.15, -0.1) is 0 Å². The number of likely N-dealkylation sites (tertiary alicyclic amines) is 1. The van der Waals surface area contributed by atoms with Crippen LogP contribution in [0.2, 0.25) is 0 Å². The highest BCUT2D eigenvalue weighted by Gasteiger charge is 2.29. The van der Waals surface area contributed by atoms with Gasteiger partial charge in [0.05, 0.1) is 24.3 Å². The van der Waals surface area contributed by atoms with Gasteiger partial charge in [0.25, 0.3) is 0 Å². The molecule has 2 N–H and O–H groups in total. The van der Waals surface area contributed by atoms with E-state index in [0.29, 0.717) is 13.1 Å². The van der Waals surface area contributed by atoms with E-state index in [1.165, 1.54) is 17.2 Å². The molecule has 1 aromatic carbocycles. The van der Waals surface area contributed by atoms with Gasteiger partial charge in [0, 0.05) is 19.2 Å². The molecule has 1 aromatic heterocycles. The zero-order chi connectivity index (χ0) is 16.9. The molecular weight excluding hydrogens is 302 g/mol. The van der Waals surface area contributed by atoms with Gasteiger partial charge >= 0.3 is 0 Å². The van der Waals surface area contributed by atoms with Crippen molar-refractivity contribution >= 4 is 12.0 Å². The highest BCUT2D eigenvalue weighted by molar-refractivity contribution is 5.91. The summed E-state index contributed by atoms with van der Waals surface area (Å²) in [6.07, 6.45) is 7.67. The van der Waals surface area contributed by atoms with E-state index >= 15 is 0 Å². The number of amides is 1. The van der Waals surface area contributed by atoms with Crippen molar-refractivity contribution in [3.05, 3.63) is 59.7 Å². The van der Waals surface area contributed by atoms with Crippen LogP contribution >= 0.6 is 0 Å². The molecule has 126 valence electrons. The molecule has 1 fully saturated rings. The first-order valence-electron chi connectivity index (χ1n) is 8.31. The Balaban J connectivity index is 1.57. The number of imidazole rings is 1. The quantitative estimate of drug-likeness (QED) is 0.847. The molecule has 5 heteroatoms. The number of nitrogens with zero attached hydrogens (tertiary/aromatic N) is 2. The molecule has 5 nitrogen and oxygen atoms in total. The van der Waals surface area contributed by atoms with Gasteiger partial charge in [0.15, 0.2) is 0 Å². The Morgan fingerprint density at radius 2 is 2.29 bits per heavy atom. The molecular formula is C19H23N3O2. The van der Waals surface area contributed by atoms with Crippen LogP contribution in [0.3, 0.4) is 0 Å². The van der Waals surface area contributed by atoms with Gasteiger partial charge in [-0.05, 0) is 42.9 Å². The highest BCUT2D eigenvalue weighted by Crippen LogP contribution is 2.24. The SMILES string of the molecule is Cc1ccccc1C[C@H]1CCN(C(=O)/C=C/c2cnc[nH]2)C[C@H]1O. The van der Waals surface area contributed by atoms with E-state index in [4.69, 9.17) is 0 Å². The van der Waals surface area contributed by atoms with Crippen molar-refractivity contribution in [1.82, 2.24) is 14.9 Å². The van der Waals surface area contributed by atoms with E-state index in [9.17, 15) is 9.90 Å². The molecule has 1 aliphatic heterocycles. The van der Waals surface area contributed by atoms with Crippen LogP contribution in [0.1, 0.15) is 23.2 Å². The van der Waals surface area contributed by atoms with Crippen LogP contribution in [-0.2, 0) is 11.2 Å². The van der Waals surface area contributed by atoms with Crippen LogP contribution < -0.4 is 0 Å². The minimum Gasteiger partial charge on any atom is -0.391 e. The molecule has 0 spiro atoms. The normalized spacial score (nSPS) is 21.3. The summed E-state index contributed by atoms with van der Waals surface area (Å²) in [6.45, 7) is 3.17. The molecule has 24 heavy (non-hydrogen) atoms. The molecule has 1 aliphatic rings. The third-order valence-electron chi connectivity index (χ3n) is 4.70. The van der Waals surface area contributed by atoms with E-state index < -0.39 is 6.10 Å². The Morgan fingerprint density at radius 3 is 3.00 bits per heavy atom. The summed E-state index contributed by atoms with van der Waals surface area (Å²) in [5.41, 5.74) is 3.32. The summed E-state index contributed by atoms with van der Waals surface area (Å²) in [4.78, 5) is 20.8. The Labute approximate surface area is 142 Å². The van der Waals surface area contributed by atoms with Crippen molar-refractivity contribution in [2.75, 3.05) is 13.1 Å². The lowest BCUT2D eigenvalue weighted by Gasteiger charge is -2.35. The first kappa shape index (κ1) is 16.5. The van der Waals surface area contributed by atoms with E-state index in [-0.39, 0.29) is 11.8 Å². The van der Waals surface area contributed by atoms with E-state index in [2.05, 4.69) is 29.0 Å².